The summed E-state index contributed by atoms with van der Waals surface area (Å²) >= 11 is 1.60. The van der Waals surface area contributed by atoms with Crippen molar-refractivity contribution < 1.29 is 9.90 Å². The number of benzene rings is 1. The normalized spacial score (nSPS) is 12.3. The topological polar surface area (TPSA) is 74.2 Å². The average Bonchev–Trinajstić information content (AvgIpc) is 2.76. The SMILES string of the molecule is CCCC(O)CNC(=O)Nc1ccc2nc(C)sc2c1. The molecule has 2 rings (SSSR count). The van der Waals surface area contributed by atoms with E-state index in [1.54, 1.807) is 11.3 Å². The van der Waals surface area contributed by atoms with Crippen LogP contribution in [0.2, 0.25) is 0 Å². The minimum absolute atomic E-state index is 0.265. The number of urea groups is 1. The van der Waals surface area contributed by atoms with E-state index < -0.39 is 6.10 Å². The van der Waals surface area contributed by atoms with Crippen LogP contribution < -0.4 is 10.6 Å². The maximum absolute atomic E-state index is 11.7. The first kappa shape index (κ1) is 14.7. The molecule has 2 amide bonds. The van der Waals surface area contributed by atoms with E-state index in [0.29, 0.717) is 6.42 Å². The van der Waals surface area contributed by atoms with Gasteiger partial charge < -0.3 is 15.7 Å². The number of anilines is 1. The quantitative estimate of drug-likeness (QED) is 0.793. The lowest BCUT2D eigenvalue weighted by molar-refractivity contribution is 0.162. The van der Waals surface area contributed by atoms with E-state index in [-0.39, 0.29) is 12.6 Å². The second-order valence-electron chi connectivity index (χ2n) is 4.69. The molecule has 0 saturated carbocycles. The summed E-state index contributed by atoms with van der Waals surface area (Å²) in [4.78, 5) is 16.1. The Kier molecular flexibility index (Phi) is 4.92. The Labute approximate surface area is 122 Å². The van der Waals surface area contributed by atoms with Crippen molar-refractivity contribution in [3.8, 4) is 0 Å². The van der Waals surface area contributed by atoms with Gasteiger partial charge in [0.25, 0.3) is 0 Å². The number of carbonyl (C=O) groups excluding carboxylic acids is 1. The number of rotatable bonds is 5. The Balaban J connectivity index is 1.92. The molecule has 20 heavy (non-hydrogen) atoms. The zero-order valence-corrected chi connectivity index (χ0v) is 12.5. The monoisotopic (exact) mass is 293 g/mol. The molecule has 0 saturated heterocycles. The van der Waals surface area contributed by atoms with Crippen molar-refractivity contribution in [2.75, 3.05) is 11.9 Å². The van der Waals surface area contributed by atoms with Crippen molar-refractivity contribution in [1.82, 2.24) is 10.3 Å². The van der Waals surface area contributed by atoms with E-state index in [4.69, 9.17) is 0 Å². The number of hydrogen-bond donors (Lipinski definition) is 3. The van der Waals surface area contributed by atoms with Gasteiger partial charge in [-0.2, -0.15) is 0 Å². The lowest BCUT2D eigenvalue weighted by Crippen LogP contribution is -2.35. The Hall–Kier alpha value is -1.66. The van der Waals surface area contributed by atoms with E-state index in [9.17, 15) is 9.90 Å². The predicted molar refractivity (Wildman–Crippen MR) is 82.3 cm³/mol. The van der Waals surface area contributed by atoms with Gasteiger partial charge in [-0.1, -0.05) is 13.3 Å². The van der Waals surface area contributed by atoms with Gasteiger partial charge >= 0.3 is 6.03 Å². The molecule has 0 fully saturated rings. The van der Waals surface area contributed by atoms with Gasteiger partial charge in [0, 0.05) is 12.2 Å². The number of hydrogen-bond acceptors (Lipinski definition) is 4. The number of fused-ring (bicyclic) bond motifs is 1. The van der Waals surface area contributed by atoms with E-state index in [1.165, 1.54) is 0 Å². The molecule has 0 aliphatic heterocycles. The fourth-order valence-corrected chi connectivity index (χ4v) is 2.81. The predicted octanol–water partition coefficient (Wildman–Crippen LogP) is 2.89. The summed E-state index contributed by atoms with van der Waals surface area (Å²) in [7, 11) is 0. The van der Waals surface area contributed by atoms with Crippen LogP contribution in [0.1, 0.15) is 24.8 Å². The molecule has 1 aromatic heterocycles. The molecule has 0 aliphatic rings. The van der Waals surface area contributed by atoms with Crippen molar-refractivity contribution in [2.45, 2.75) is 32.8 Å². The number of aryl methyl sites for hydroxylation is 1. The lowest BCUT2D eigenvalue weighted by Gasteiger charge is -2.11. The molecule has 1 unspecified atom stereocenters. The highest BCUT2D eigenvalue weighted by Crippen LogP contribution is 2.24. The Morgan fingerprint density at radius 1 is 1.50 bits per heavy atom. The second kappa shape index (κ2) is 6.67. The van der Waals surface area contributed by atoms with Crippen LogP contribution in [0.3, 0.4) is 0 Å². The number of aliphatic hydroxyl groups excluding tert-OH is 1. The van der Waals surface area contributed by atoms with Crippen molar-refractivity contribution in [1.29, 1.82) is 0 Å². The molecule has 6 heteroatoms. The zero-order valence-electron chi connectivity index (χ0n) is 11.6. The van der Waals surface area contributed by atoms with Gasteiger partial charge in [0.1, 0.15) is 0 Å². The first-order valence-corrected chi connectivity index (χ1v) is 7.50. The summed E-state index contributed by atoms with van der Waals surface area (Å²) in [6, 6.07) is 5.31. The number of carbonyl (C=O) groups is 1. The van der Waals surface area contributed by atoms with Crippen molar-refractivity contribution in [3.63, 3.8) is 0 Å². The highest BCUT2D eigenvalue weighted by molar-refractivity contribution is 7.18. The van der Waals surface area contributed by atoms with Crippen LogP contribution in [-0.4, -0.2) is 28.8 Å². The van der Waals surface area contributed by atoms with Crippen LogP contribution in [0.15, 0.2) is 18.2 Å². The van der Waals surface area contributed by atoms with E-state index >= 15 is 0 Å². The summed E-state index contributed by atoms with van der Waals surface area (Å²) < 4.78 is 1.05. The van der Waals surface area contributed by atoms with Crippen LogP contribution >= 0.6 is 11.3 Å². The summed E-state index contributed by atoms with van der Waals surface area (Å²) in [5.74, 6) is 0. The molecule has 1 atom stereocenters. The minimum atomic E-state index is -0.489. The van der Waals surface area contributed by atoms with Crippen LogP contribution in [0, 0.1) is 6.92 Å². The minimum Gasteiger partial charge on any atom is -0.391 e. The zero-order chi connectivity index (χ0) is 14.5. The molecule has 108 valence electrons. The van der Waals surface area contributed by atoms with E-state index in [2.05, 4.69) is 15.6 Å². The largest absolute Gasteiger partial charge is 0.391 e. The number of nitrogens with one attached hydrogen (secondary N) is 2. The van der Waals surface area contributed by atoms with Gasteiger partial charge in [-0.25, -0.2) is 9.78 Å². The van der Waals surface area contributed by atoms with Gasteiger partial charge in [-0.05, 0) is 31.5 Å². The van der Waals surface area contributed by atoms with Crippen LogP contribution in [0.5, 0.6) is 0 Å². The number of amides is 2. The molecule has 0 aliphatic carbocycles. The van der Waals surface area contributed by atoms with Crippen LogP contribution in [0.4, 0.5) is 10.5 Å². The third-order valence-corrected chi connectivity index (χ3v) is 3.81. The molecule has 1 aromatic carbocycles. The lowest BCUT2D eigenvalue weighted by atomic mass is 10.2. The molecule has 0 spiro atoms. The van der Waals surface area contributed by atoms with Gasteiger partial charge in [0.05, 0.1) is 21.3 Å². The standard InChI is InChI=1S/C14H19N3O2S/c1-3-4-11(18)8-15-14(19)17-10-5-6-12-13(7-10)20-9(2)16-12/h5-7,11,18H,3-4,8H2,1-2H3,(H2,15,17,19). The third-order valence-electron chi connectivity index (χ3n) is 2.87. The molecule has 1 heterocycles. The van der Waals surface area contributed by atoms with Gasteiger partial charge in [-0.15, -0.1) is 11.3 Å². The molecule has 0 bridgehead atoms. The first-order chi connectivity index (χ1) is 9.58. The molecule has 2 aromatic rings. The highest BCUT2D eigenvalue weighted by atomic mass is 32.1. The fourth-order valence-electron chi connectivity index (χ4n) is 1.94. The van der Waals surface area contributed by atoms with E-state index in [1.807, 2.05) is 32.0 Å². The molecule has 3 N–H and O–H groups in total. The van der Waals surface area contributed by atoms with Crippen molar-refractivity contribution >= 4 is 33.3 Å². The number of aromatic nitrogens is 1. The first-order valence-electron chi connectivity index (χ1n) is 6.68. The molecule has 5 nitrogen and oxygen atoms in total. The van der Waals surface area contributed by atoms with Gasteiger partial charge in [0.15, 0.2) is 0 Å². The fraction of sp³-hybridized carbons (Fsp3) is 0.429. The smallest absolute Gasteiger partial charge is 0.319 e. The van der Waals surface area contributed by atoms with Crippen LogP contribution in [0.25, 0.3) is 10.2 Å². The van der Waals surface area contributed by atoms with Crippen LogP contribution in [-0.2, 0) is 0 Å². The third kappa shape index (κ3) is 3.91. The maximum atomic E-state index is 11.7. The number of aliphatic hydroxyl groups is 1. The van der Waals surface area contributed by atoms with Gasteiger partial charge in [0.2, 0.25) is 0 Å². The highest BCUT2D eigenvalue weighted by Gasteiger charge is 2.07. The Morgan fingerprint density at radius 3 is 3.05 bits per heavy atom. The molecule has 0 radical (unpaired) electrons. The maximum Gasteiger partial charge on any atom is 0.319 e. The summed E-state index contributed by atoms with van der Waals surface area (Å²) in [5.41, 5.74) is 1.67. The second-order valence-corrected chi connectivity index (χ2v) is 5.93. The van der Waals surface area contributed by atoms with Crippen molar-refractivity contribution in [2.24, 2.45) is 0 Å². The average molecular weight is 293 g/mol. The molecular formula is C14H19N3O2S. The Morgan fingerprint density at radius 2 is 2.30 bits per heavy atom. The summed E-state index contributed by atoms with van der Waals surface area (Å²) in [5, 5.41) is 16.0. The van der Waals surface area contributed by atoms with E-state index in [0.717, 1.165) is 27.3 Å². The number of nitrogens with zero attached hydrogens (tertiary/aromatic N) is 1. The molecular weight excluding hydrogens is 274 g/mol. The number of thiazole rings is 1. The summed E-state index contributed by atoms with van der Waals surface area (Å²) in [6.07, 6.45) is 1.09. The summed E-state index contributed by atoms with van der Waals surface area (Å²) in [6.45, 7) is 4.22. The van der Waals surface area contributed by atoms with Crippen molar-refractivity contribution in [3.05, 3.63) is 23.2 Å². The van der Waals surface area contributed by atoms with Gasteiger partial charge in [-0.3, -0.25) is 0 Å². The Bertz CT molecular complexity index is 597.